The molecule has 1 aromatic heterocycles. The number of phenols is 1. The quantitative estimate of drug-likeness (QED) is 0.844. The van der Waals surface area contributed by atoms with Crippen molar-refractivity contribution in [1.29, 1.82) is 0 Å². The Balaban J connectivity index is 1.54. The third kappa shape index (κ3) is 1.71. The number of phenolic OH excluding ortho intramolecular Hbond substituents is 1. The second kappa shape index (κ2) is 4.94. The Bertz CT molecular complexity index is 954. The number of aromatic hydroxyl groups is 1. The maximum absolute atomic E-state index is 12.8. The Hall–Kier alpha value is -2.31. The summed E-state index contributed by atoms with van der Waals surface area (Å²) in [5.41, 5.74) is 1.24. The fraction of sp³-hybridized carbons (Fsp3) is 0.476. The molecule has 4 aliphatic rings. The number of ether oxygens (including phenoxy) is 1. The Morgan fingerprint density at radius 3 is 2.96 bits per heavy atom. The van der Waals surface area contributed by atoms with Crippen molar-refractivity contribution in [3.8, 4) is 11.5 Å². The highest BCUT2D eigenvalue weighted by Gasteiger charge is 2.73. The zero-order chi connectivity index (χ0) is 18.4. The van der Waals surface area contributed by atoms with Crippen LogP contribution >= 0.6 is 0 Å². The van der Waals surface area contributed by atoms with E-state index in [1.807, 2.05) is 12.1 Å². The Kier molecular flexibility index (Phi) is 2.88. The smallest absolute Gasteiger partial charge is 0.174 e. The fourth-order valence-electron chi connectivity index (χ4n) is 6.22. The molecule has 140 valence electrons. The normalized spacial score (nSPS) is 36.4. The molecular formula is C21H21NO5. The lowest BCUT2D eigenvalue weighted by molar-refractivity contribution is -0.189. The van der Waals surface area contributed by atoms with Crippen LogP contribution in [0.3, 0.4) is 0 Å². The first-order chi connectivity index (χ1) is 13.0. The van der Waals surface area contributed by atoms with Gasteiger partial charge in [-0.1, -0.05) is 6.07 Å². The lowest BCUT2D eigenvalue weighted by Gasteiger charge is -2.62. The second-order valence-electron chi connectivity index (χ2n) is 8.38. The van der Waals surface area contributed by atoms with E-state index in [0.717, 1.165) is 23.2 Å². The van der Waals surface area contributed by atoms with E-state index in [4.69, 9.17) is 9.15 Å². The molecule has 1 saturated heterocycles. The third-order valence-corrected chi connectivity index (χ3v) is 7.33. The maximum Gasteiger partial charge on any atom is 0.174 e. The van der Waals surface area contributed by atoms with E-state index in [9.17, 15) is 15.0 Å². The van der Waals surface area contributed by atoms with Crippen molar-refractivity contribution in [1.82, 2.24) is 4.90 Å². The number of carbonyl (C=O) groups is 1. The zero-order valence-electron chi connectivity index (χ0n) is 14.9. The van der Waals surface area contributed by atoms with Crippen molar-refractivity contribution in [2.24, 2.45) is 0 Å². The molecule has 27 heavy (non-hydrogen) atoms. The summed E-state index contributed by atoms with van der Waals surface area (Å²) in [6, 6.07) is 5.43. The molecule has 1 saturated carbocycles. The van der Waals surface area contributed by atoms with E-state index < -0.39 is 17.1 Å². The van der Waals surface area contributed by atoms with Gasteiger partial charge in [-0.15, -0.1) is 0 Å². The summed E-state index contributed by atoms with van der Waals surface area (Å²) in [7, 11) is 0. The van der Waals surface area contributed by atoms with Crippen molar-refractivity contribution >= 4 is 5.78 Å². The average Bonchev–Trinajstić information content (AvgIpc) is 3.27. The summed E-state index contributed by atoms with van der Waals surface area (Å²) in [5.74, 6) is 0.505. The molecule has 6 nitrogen and oxygen atoms in total. The van der Waals surface area contributed by atoms with Gasteiger partial charge in [0, 0.05) is 36.7 Å². The van der Waals surface area contributed by atoms with Crippen LogP contribution in [-0.4, -0.2) is 45.2 Å². The van der Waals surface area contributed by atoms with Gasteiger partial charge in [-0.3, -0.25) is 9.69 Å². The first kappa shape index (κ1) is 15.7. The van der Waals surface area contributed by atoms with Crippen LogP contribution in [0.4, 0.5) is 0 Å². The van der Waals surface area contributed by atoms with Crippen LogP contribution in [0.5, 0.6) is 11.5 Å². The van der Waals surface area contributed by atoms with E-state index in [0.29, 0.717) is 38.0 Å². The topological polar surface area (TPSA) is 83.1 Å². The summed E-state index contributed by atoms with van der Waals surface area (Å²) < 4.78 is 11.3. The van der Waals surface area contributed by atoms with Crippen LogP contribution in [0, 0.1) is 0 Å². The van der Waals surface area contributed by atoms with Crippen LogP contribution in [0.1, 0.15) is 36.0 Å². The van der Waals surface area contributed by atoms with E-state index >= 15 is 0 Å². The fourth-order valence-corrected chi connectivity index (χ4v) is 6.22. The summed E-state index contributed by atoms with van der Waals surface area (Å²) in [6.07, 6.45) is 4.78. The van der Waals surface area contributed by atoms with Gasteiger partial charge in [0.2, 0.25) is 0 Å². The molecule has 4 atom stereocenters. The van der Waals surface area contributed by atoms with Crippen LogP contribution in [0.25, 0.3) is 0 Å². The van der Waals surface area contributed by atoms with Gasteiger partial charge in [-0.25, -0.2) is 0 Å². The molecule has 6 heteroatoms. The summed E-state index contributed by atoms with van der Waals surface area (Å²) in [4.78, 5) is 15.1. The Morgan fingerprint density at radius 1 is 1.26 bits per heavy atom. The third-order valence-electron chi connectivity index (χ3n) is 7.33. The molecule has 6 rings (SSSR count). The second-order valence-corrected chi connectivity index (χ2v) is 8.38. The van der Waals surface area contributed by atoms with Gasteiger partial charge in [-0.2, -0.15) is 0 Å². The SMILES string of the molecule is O=C1CC[C@@]2(O)[C@H]3Cc4ccc(O)c5c4[C@]2(CCN3Cc2ccoc2)[C@H]1O5. The van der Waals surface area contributed by atoms with Crippen molar-refractivity contribution in [2.75, 3.05) is 6.54 Å². The van der Waals surface area contributed by atoms with Crippen LogP contribution in [0.15, 0.2) is 35.1 Å². The number of rotatable bonds is 2. The predicted molar refractivity (Wildman–Crippen MR) is 94.6 cm³/mol. The van der Waals surface area contributed by atoms with Crippen LogP contribution in [0.2, 0.25) is 0 Å². The van der Waals surface area contributed by atoms with Gasteiger partial charge < -0.3 is 19.4 Å². The lowest BCUT2D eigenvalue weighted by Crippen LogP contribution is -2.76. The molecule has 3 heterocycles. The van der Waals surface area contributed by atoms with Crippen molar-refractivity contribution in [3.63, 3.8) is 0 Å². The van der Waals surface area contributed by atoms with Crippen molar-refractivity contribution in [3.05, 3.63) is 47.4 Å². The Morgan fingerprint density at radius 2 is 2.15 bits per heavy atom. The molecule has 2 fully saturated rings. The summed E-state index contributed by atoms with van der Waals surface area (Å²) in [6.45, 7) is 1.47. The van der Waals surface area contributed by atoms with Gasteiger partial charge in [-0.05, 0) is 37.0 Å². The summed E-state index contributed by atoms with van der Waals surface area (Å²) in [5, 5.41) is 22.4. The monoisotopic (exact) mass is 367 g/mol. The number of hydrogen-bond donors (Lipinski definition) is 2. The number of carbonyl (C=O) groups excluding carboxylic acids is 1. The highest BCUT2D eigenvalue weighted by molar-refractivity contribution is 5.90. The molecular weight excluding hydrogens is 346 g/mol. The molecule has 1 aromatic carbocycles. The van der Waals surface area contributed by atoms with E-state index in [1.165, 1.54) is 0 Å². The predicted octanol–water partition coefficient (Wildman–Crippen LogP) is 1.91. The van der Waals surface area contributed by atoms with Gasteiger partial charge in [0.15, 0.2) is 23.4 Å². The van der Waals surface area contributed by atoms with Gasteiger partial charge in [0.05, 0.1) is 23.5 Å². The number of aliphatic hydroxyl groups is 1. The number of Topliss-reactive ketones (excluding diaryl/α,β-unsaturated/α-hetero) is 1. The van der Waals surface area contributed by atoms with Gasteiger partial charge in [0.1, 0.15) is 0 Å². The van der Waals surface area contributed by atoms with E-state index in [1.54, 1.807) is 18.6 Å². The first-order valence-corrected chi connectivity index (χ1v) is 9.57. The summed E-state index contributed by atoms with van der Waals surface area (Å²) >= 11 is 0. The molecule has 2 aliphatic carbocycles. The standard InChI is InChI=1S/C21H21NO5/c23-14-2-1-13-9-16-21(25)5-3-15(24)19-20(21,17(13)18(14)27-19)6-7-22(16)10-12-4-8-26-11-12/h1-2,4,8,11,16,19,23,25H,3,5-7,9-10H2/t16-,19+,20-,21-/m1/s1. The number of hydrogen-bond acceptors (Lipinski definition) is 6. The highest BCUT2D eigenvalue weighted by atomic mass is 16.5. The molecule has 0 amide bonds. The maximum atomic E-state index is 12.8. The number of likely N-dealkylation sites (tertiary alicyclic amines) is 1. The van der Waals surface area contributed by atoms with Crippen molar-refractivity contribution in [2.45, 2.75) is 55.4 Å². The first-order valence-electron chi connectivity index (χ1n) is 9.57. The number of ketones is 1. The Labute approximate surface area is 156 Å². The van der Waals surface area contributed by atoms with E-state index in [2.05, 4.69) is 4.90 Å². The zero-order valence-corrected chi connectivity index (χ0v) is 14.9. The number of furan rings is 1. The number of benzene rings is 1. The van der Waals surface area contributed by atoms with Crippen molar-refractivity contribution < 1.29 is 24.2 Å². The number of piperidine rings is 1. The van der Waals surface area contributed by atoms with Crippen LogP contribution < -0.4 is 4.74 Å². The molecule has 0 unspecified atom stereocenters. The molecule has 2 N–H and O–H groups in total. The molecule has 2 aliphatic heterocycles. The van der Waals surface area contributed by atoms with Gasteiger partial charge >= 0.3 is 0 Å². The lowest BCUT2D eigenvalue weighted by atomic mass is 9.49. The van der Waals surface area contributed by atoms with E-state index in [-0.39, 0.29) is 17.6 Å². The highest BCUT2D eigenvalue weighted by Crippen LogP contribution is 2.64. The van der Waals surface area contributed by atoms with Crippen LogP contribution in [-0.2, 0) is 23.2 Å². The minimum Gasteiger partial charge on any atom is -0.504 e. The molecule has 2 bridgehead atoms. The average molecular weight is 367 g/mol. The molecule has 2 aromatic rings. The molecule has 0 radical (unpaired) electrons. The largest absolute Gasteiger partial charge is 0.504 e. The minimum absolute atomic E-state index is 0.0326. The number of nitrogens with zero attached hydrogens (tertiary/aromatic N) is 1. The molecule has 1 spiro atoms. The minimum atomic E-state index is -1.04. The van der Waals surface area contributed by atoms with Gasteiger partial charge in [0.25, 0.3) is 0 Å².